The third kappa shape index (κ3) is 4.44. The smallest absolute Gasteiger partial charge is 0.224 e. The van der Waals surface area contributed by atoms with Crippen molar-refractivity contribution in [2.24, 2.45) is 0 Å². The molecule has 0 unspecified atom stereocenters. The predicted octanol–water partition coefficient (Wildman–Crippen LogP) is 2.17. The highest BCUT2D eigenvalue weighted by molar-refractivity contribution is 9.10. The molecule has 2 rings (SSSR count). The molecule has 1 aromatic carbocycles. The first-order chi connectivity index (χ1) is 9.15. The van der Waals surface area contributed by atoms with Gasteiger partial charge in [-0.2, -0.15) is 0 Å². The minimum absolute atomic E-state index is 0.0436. The van der Waals surface area contributed by atoms with Gasteiger partial charge in [0.2, 0.25) is 5.91 Å². The van der Waals surface area contributed by atoms with Gasteiger partial charge in [-0.1, -0.05) is 17.7 Å². The Morgan fingerprint density at radius 3 is 3.00 bits per heavy atom. The fraction of sp³-hybridized carbons (Fsp3) is 0.357. The molecule has 102 valence electrons. The largest absolute Gasteiger partial charge is 0.352 e. The Morgan fingerprint density at radius 1 is 1.47 bits per heavy atom. The molecule has 0 spiro atoms. The predicted molar refractivity (Wildman–Crippen MR) is 76.4 cm³/mol. The number of halogens is 2. The number of carbonyl (C=O) groups is 1. The van der Waals surface area contributed by atoms with Gasteiger partial charge in [0.15, 0.2) is 0 Å². The average Bonchev–Trinajstić information content (AvgIpc) is 2.42. The van der Waals surface area contributed by atoms with Crippen molar-refractivity contribution in [3.8, 4) is 0 Å². The second-order valence-electron chi connectivity index (χ2n) is 4.52. The van der Waals surface area contributed by atoms with Gasteiger partial charge in [-0.15, -0.1) is 0 Å². The zero-order valence-corrected chi connectivity index (χ0v) is 12.1. The number of hydrogen-bond donors (Lipinski definition) is 2. The van der Waals surface area contributed by atoms with Crippen molar-refractivity contribution < 1.29 is 9.18 Å². The molecule has 0 atom stereocenters. The number of nitrogens with one attached hydrogen (secondary N) is 2. The van der Waals surface area contributed by atoms with E-state index < -0.39 is 0 Å². The van der Waals surface area contributed by atoms with E-state index in [1.54, 1.807) is 12.1 Å². The number of rotatable bonds is 4. The summed E-state index contributed by atoms with van der Waals surface area (Å²) in [7, 11) is 0. The van der Waals surface area contributed by atoms with E-state index in [2.05, 4.69) is 32.6 Å². The van der Waals surface area contributed by atoms with E-state index in [1.807, 2.05) is 0 Å². The first-order valence-corrected chi connectivity index (χ1v) is 7.03. The van der Waals surface area contributed by atoms with Crippen molar-refractivity contribution in [2.75, 3.05) is 19.6 Å². The molecule has 2 N–H and O–H groups in total. The van der Waals surface area contributed by atoms with E-state index in [4.69, 9.17) is 0 Å². The van der Waals surface area contributed by atoms with E-state index in [0.29, 0.717) is 11.0 Å². The maximum absolute atomic E-state index is 13.1. The Morgan fingerprint density at radius 2 is 2.32 bits per heavy atom. The molecule has 0 radical (unpaired) electrons. The van der Waals surface area contributed by atoms with E-state index in [1.165, 1.54) is 11.6 Å². The van der Waals surface area contributed by atoms with Gasteiger partial charge in [0.05, 0.1) is 10.9 Å². The number of amides is 1. The second kappa shape index (κ2) is 6.82. The van der Waals surface area contributed by atoms with E-state index in [-0.39, 0.29) is 18.1 Å². The van der Waals surface area contributed by atoms with Crippen molar-refractivity contribution in [2.45, 2.75) is 12.8 Å². The Bertz CT molecular complexity index is 502. The normalized spacial score (nSPS) is 14.9. The number of hydrogen-bond acceptors (Lipinski definition) is 2. The maximum atomic E-state index is 13.1. The first kappa shape index (κ1) is 14.2. The molecule has 0 bridgehead atoms. The monoisotopic (exact) mass is 326 g/mol. The summed E-state index contributed by atoms with van der Waals surface area (Å²) in [4.78, 5) is 11.8. The summed E-state index contributed by atoms with van der Waals surface area (Å²) >= 11 is 3.11. The van der Waals surface area contributed by atoms with Gasteiger partial charge in [0, 0.05) is 13.1 Å². The van der Waals surface area contributed by atoms with Crippen LogP contribution in [0.4, 0.5) is 4.39 Å². The van der Waals surface area contributed by atoms with Gasteiger partial charge in [-0.05, 0) is 46.6 Å². The van der Waals surface area contributed by atoms with Crippen LogP contribution in [-0.4, -0.2) is 25.5 Å². The lowest BCUT2D eigenvalue weighted by Crippen LogP contribution is -2.30. The molecular formula is C14H16BrFN2O. The standard InChI is InChI=1S/C14H16BrFN2O/c15-12-7-11(1-2-13(12)16)8-14(19)18-9-10-3-5-17-6-4-10/h1-3,7,17H,4-6,8-9H2,(H,18,19). The molecule has 0 aliphatic carbocycles. The molecule has 0 saturated heterocycles. The van der Waals surface area contributed by atoms with Gasteiger partial charge in [-0.3, -0.25) is 4.79 Å². The van der Waals surface area contributed by atoms with Gasteiger partial charge in [0.1, 0.15) is 5.82 Å². The number of benzene rings is 1. The SMILES string of the molecule is O=C(Cc1ccc(F)c(Br)c1)NCC1=CCNCC1. The van der Waals surface area contributed by atoms with Crippen LogP contribution in [0.1, 0.15) is 12.0 Å². The molecule has 0 fully saturated rings. The first-order valence-electron chi connectivity index (χ1n) is 6.24. The summed E-state index contributed by atoms with van der Waals surface area (Å²) < 4.78 is 13.5. The van der Waals surface area contributed by atoms with Crippen LogP contribution in [0, 0.1) is 5.82 Å². The summed E-state index contributed by atoms with van der Waals surface area (Å²) in [6.45, 7) is 2.44. The lowest BCUT2D eigenvalue weighted by atomic mass is 10.1. The van der Waals surface area contributed by atoms with Gasteiger partial charge in [0.25, 0.3) is 0 Å². The lowest BCUT2D eigenvalue weighted by molar-refractivity contribution is -0.120. The summed E-state index contributed by atoms with van der Waals surface area (Å²) in [5.74, 6) is -0.359. The molecule has 1 aromatic rings. The van der Waals surface area contributed by atoms with Crippen molar-refractivity contribution in [3.05, 3.63) is 45.7 Å². The van der Waals surface area contributed by atoms with Crippen LogP contribution < -0.4 is 10.6 Å². The molecule has 1 aliphatic heterocycles. The molecule has 1 aliphatic rings. The number of carbonyl (C=O) groups excluding carboxylic acids is 1. The van der Waals surface area contributed by atoms with E-state index >= 15 is 0 Å². The van der Waals surface area contributed by atoms with Crippen LogP contribution in [0.25, 0.3) is 0 Å². The quantitative estimate of drug-likeness (QED) is 0.832. The molecule has 3 nitrogen and oxygen atoms in total. The van der Waals surface area contributed by atoms with E-state index in [0.717, 1.165) is 25.1 Å². The third-order valence-electron chi connectivity index (χ3n) is 3.02. The highest BCUT2D eigenvalue weighted by atomic mass is 79.9. The zero-order valence-electron chi connectivity index (χ0n) is 10.5. The fourth-order valence-electron chi connectivity index (χ4n) is 1.94. The highest BCUT2D eigenvalue weighted by Gasteiger charge is 2.08. The average molecular weight is 327 g/mol. The molecule has 0 aromatic heterocycles. The van der Waals surface area contributed by atoms with Crippen LogP contribution in [-0.2, 0) is 11.2 Å². The van der Waals surface area contributed by atoms with Crippen molar-refractivity contribution in [1.82, 2.24) is 10.6 Å². The molecular weight excluding hydrogens is 311 g/mol. The molecule has 5 heteroatoms. The van der Waals surface area contributed by atoms with Gasteiger partial charge < -0.3 is 10.6 Å². The van der Waals surface area contributed by atoms with Crippen molar-refractivity contribution in [3.63, 3.8) is 0 Å². The summed E-state index contributed by atoms with van der Waals surface area (Å²) in [6.07, 6.45) is 3.35. The topological polar surface area (TPSA) is 41.1 Å². The third-order valence-corrected chi connectivity index (χ3v) is 3.63. The minimum atomic E-state index is -0.316. The van der Waals surface area contributed by atoms with E-state index in [9.17, 15) is 9.18 Å². The Labute approximate surface area is 120 Å². The minimum Gasteiger partial charge on any atom is -0.352 e. The van der Waals surface area contributed by atoms with Crippen LogP contribution in [0.5, 0.6) is 0 Å². The van der Waals surface area contributed by atoms with Crippen LogP contribution >= 0.6 is 15.9 Å². The summed E-state index contributed by atoms with van der Waals surface area (Å²) in [6, 6.07) is 4.63. The highest BCUT2D eigenvalue weighted by Crippen LogP contribution is 2.17. The van der Waals surface area contributed by atoms with Crippen molar-refractivity contribution >= 4 is 21.8 Å². The fourth-order valence-corrected chi connectivity index (χ4v) is 2.37. The van der Waals surface area contributed by atoms with Gasteiger partial charge in [-0.25, -0.2) is 4.39 Å². The maximum Gasteiger partial charge on any atom is 0.224 e. The Hall–Kier alpha value is -1.20. The van der Waals surface area contributed by atoms with Crippen LogP contribution in [0.3, 0.4) is 0 Å². The molecule has 1 heterocycles. The van der Waals surface area contributed by atoms with Gasteiger partial charge >= 0.3 is 0 Å². The summed E-state index contributed by atoms with van der Waals surface area (Å²) in [5, 5.41) is 6.11. The molecule has 19 heavy (non-hydrogen) atoms. The summed E-state index contributed by atoms with van der Waals surface area (Å²) in [5.41, 5.74) is 2.05. The second-order valence-corrected chi connectivity index (χ2v) is 5.37. The molecule has 1 amide bonds. The van der Waals surface area contributed by atoms with Crippen molar-refractivity contribution in [1.29, 1.82) is 0 Å². The Kier molecular flexibility index (Phi) is 5.10. The van der Waals surface area contributed by atoms with Crippen LogP contribution in [0.15, 0.2) is 34.3 Å². The Balaban J connectivity index is 1.83. The van der Waals surface area contributed by atoms with Crippen LogP contribution in [0.2, 0.25) is 0 Å². The zero-order chi connectivity index (χ0) is 13.7. The molecule has 0 saturated carbocycles. The lowest BCUT2D eigenvalue weighted by Gasteiger charge is -2.14.